The van der Waals surface area contributed by atoms with E-state index in [4.69, 9.17) is 4.74 Å². The van der Waals surface area contributed by atoms with Gasteiger partial charge in [0.1, 0.15) is 0 Å². The van der Waals surface area contributed by atoms with Crippen LogP contribution in [0.25, 0.3) is 0 Å². The van der Waals surface area contributed by atoms with E-state index >= 15 is 0 Å². The van der Waals surface area contributed by atoms with E-state index in [2.05, 4.69) is 11.8 Å². The molecule has 0 aliphatic carbocycles. The molecule has 68 valence electrons. The van der Waals surface area contributed by atoms with Crippen molar-refractivity contribution in [3.63, 3.8) is 0 Å². The molecule has 0 unspecified atom stereocenters. The molecule has 13 heavy (non-hydrogen) atoms. The average Bonchev–Trinajstić information content (AvgIpc) is 2.19. The minimum absolute atomic E-state index is 0.732. The molecule has 0 atom stereocenters. The van der Waals surface area contributed by atoms with Crippen molar-refractivity contribution < 1.29 is 4.74 Å². The van der Waals surface area contributed by atoms with Crippen LogP contribution in [0.3, 0.4) is 0 Å². The van der Waals surface area contributed by atoms with Gasteiger partial charge in [0.15, 0.2) is 0 Å². The van der Waals surface area contributed by atoms with Crippen LogP contribution in [0, 0.1) is 11.8 Å². The van der Waals surface area contributed by atoms with Gasteiger partial charge in [0.2, 0.25) is 0 Å². The molecule has 1 nitrogen and oxygen atoms in total. The number of ether oxygens (including phenoxy) is 1. The lowest BCUT2D eigenvalue weighted by Crippen LogP contribution is -1.90. The van der Waals surface area contributed by atoms with Gasteiger partial charge in [-0.2, -0.15) is 0 Å². The summed E-state index contributed by atoms with van der Waals surface area (Å²) in [5.74, 6) is 6.14. The highest BCUT2D eigenvalue weighted by molar-refractivity contribution is 5.33. The Morgan fingerprint density at radius 2 is 2.00 bits per heavy atom. The zero-order valence-electron chi connectivity index (χ0n) is 7.92. The minimum atomic E-state index is 0.732. The van der Waals surface area contributed by atoms with Gasteiger partial charge in [0.25, 0.3) is 0 Å². The summed E-state index contributed by atoms with van der Waals surface area (Å²) in [6, 6.07) is 9.99. The second-order valence-electron chi connectivity index (χ2n) is 2.61. The lowest BCUT2D eigenvalue weighted by atomic mass is 10.2. The first kappa shape index (κ1) is 9.83. The molecule has 0 N–H and O–H groups in total. The van der Waals surface area contributed by atoms with Crippen LogP contribution in [-0.2, 0) is 4.74 Å². The van der Waals surface area contributed by atoms with Crippen molar-refractivity contribution in [3.05, 3.63) is 35.9 Å². The maximum absolute atomic E-state index is 5.17. The number of hydrogen-bond donors (Lipinski definition) is 0. The molecule has 0 aromatic heterocycles. The molecule has 1 heteroatoms. The van der Waals surface area contributed by atoms with Crippen molar-refractivity contribution in [1.82, 2.24) is 0 Å². The molecule has 1 aromatic rings. The van der Waals surface area contributed by atoms with E-state index in [9.17, 15) is 0 Å². The van der Waals surface area contributed by atoms with Gasteiger partial charge >= 0.3 is 0 Å². The van der Waals surface area contributed by atoms with Gasteiger partial charge < -0.3 is 4.74 Å². The molecular formula is C12H14O. The van der Waals surface area contributed by atoms with Crippen molar-refractivity contribution in [2.75, 3.05) is 13.2 Å². The average molecular weight is 174 g/mol. The summed E-state index contributed by atoms with van der Waals surface area (Å²) in [6.45, 7) is 3.49. The zero-order valence-corrected chi connectivity index (χ0v) is 7.92. The summed E-state index contributed by atoms with van der Waals surface area (Å²) in [7, 11) is 0. The van der Waals surface area contributed by atoms with Crippen molar-refractivity contribution in [2.24, 2.45) is 0 Å². The number of rotatable bonds is 3. The SMILES string of the molecule is CCOCCC#Cc1ccccc1. The maximum Gasteiger partial charge on any atom is 0.0575 e. The first-order chi connectivity index (χ1) is 6.43. The number of benzene rings is 1. The van der Waals surface area contributed by atoms with Gasteiger partial charge in [-0.1, -0.05) is 30.0 Å². The van der Waals surface area contributed by atoms with E-state index in [1.807, 2.05) is 37.3 Å². The standard InChI is InChI=1S/C12H14O/c1-2-13-11-7-6-10-12-8-4-3-5-9-12/h3-5,8-9H,2,7,11H2,1H3. The molecule has 0 aliphatic heterocycles. The highest BCUT2D eigenvalue weighted by atomic mass is 16.5. The van der Waals surface area contributed by atoms with E-state index in [0.29, 0.717) is 0 Å². The maximum atomic E-state index is 5.17. The van der Waals surface area contributed by atoms with Crippen LogP contribution in [0.1, 0.15) is 18.9 Å². The van der Waals surface area contributed by atoms with Crippen molar-refractivity contribution in [3.8, 4) is 11.8 Å². The largest absolute Gasteiger partial charge is 0.381 e. The van der Waals surface area contributed by atoms with Gasteiger partial charge in [-0.15, -0.1) is 0 Å². The van der Waals surface area contributed by atoms with E-state index in [-0.39, 0.29) is 0 Å². The monoisotopic (exact) mass is 174 g/mol. The van der Waals surface area contributed by atoms with Crippen molar-refractivity contribution in [2.45, 2.75) is 13.3 Å². The molecule has 0 radical (unpaired) electrons. The van der Waals surface area contributed by atoms with Gasteiger partial charge in [0.05, 0.1) is 6.61 Å². The Bertz CT molecular complexity index is 279. The molecule has 1 rings (SSSR count). The molecule has 0 saturated heterocycles. The molecule has 0 amide bonds. The Labute approximate surface area is 79.7 Å². The van der Waals surface area contributed by atoms with Gasteiger partial charge in [-0.25, -0.2) is 0 Å². The van der Waals surface area contributed by atoms with Crippen molar-refractivity contribution >= 4 is 0 Å². The Hall–Kier alpha value is -1.26. The Morgan fingerprint density at radius 1 is 1.23 bits per heavy atom. The van der Waals surface area contributed by atoms with Crippen LogP contribution in [0.5, 0.6) is 0 Å². The zero-order chi connectivity index (χ0) is 9.36. The van der Waals surface area contributed by atoms with Gasteiger partial charge in [-0.3, -0.25) is 0 Å². The van der Waals surface area contributed by atoms with Gasteiger partial charge in [0, 0.05) is 18.6 Å². The Kier molecular flexibility index (Phi) is 4.74. The van der Waals surface area contributed by atoms with Crippen LogP contribution in [0.2, 0.25) is 0 Å². The predicted octanol–water partition coefficient (Wildman–Crippen LogP) is 2.46. The third-order valence-electron chi connectivity index (χ3n) is 1.58. The van der Waals surface area contributed by atoms with Crippen molar-refractivity contribution in [1.29, 1.82) is 0 Å². The lowest BCUT2D eigenvalue weighted by molar-refractivity contribution is 0.154. The molecule has 0 bridgehead atoms. The fraction of sp³-hybridized carbons (Fsp3) is 0.333. The quantitative estimate of drug-likeness (QED) is 0.505. The highest BCUT2D eigenvalue weighted by Gasteiger charge is 1.82. The first-order valence-electron chi connectivity index (χ1n) is 4.55. The minimum Gasteiger partial charge on any atom is -0.381 e. The third kappa shape index (κ3) is 4.35. The smallest absolute Gasteiger partial charge is 0.0575 e. The first-order valence-corrected chi connectivity index (χ1v) is 4.55. The normalized spacial score (nSPS) is 9.00. The molecule has 0 aliphatic rings. The molecule has 1 aromatic carbocycles. The van der Waals surface area contributed by atoms with E-state index in [0.717, 1.165) is 25.2 Å². The van der Waals surface area contributed by atoms with Crippen LogP contribution >= 0.6 is 0 Å². The molecular weight excluding hydrogens is 160 g/mol. The van der Waals surface area contributed by atoms with Crippen LogP contribution < -0.4 is 0 Å². The number of hydrogen-bond acceptors (Lipinski definition) is 1. The topological polar surface area (TPSA) is 9.23 Å². The molecule has 0 fully saturated rings. The lowest BCUT2D eigenvalue weighted by Gasteiger charge is -1.92. The Morgan fingerprint density at radius 3 is 2.69 bits per heavy atom. The molecule has 0 heterocycles. The van der Waals surface area contributed by atoms with Crippen LogP contribution in [0.15, 0.2) is 30.3 Å². The van der Waals surface area contributed by atoms with Crippen LogP contribution in [0.4, 0.5) is 0 Å². The molecule has 0 spiro atoms. The van der Waals surface area contributed by atoms with E-state index < -0.39 is 0 Å². The summed E-state index contributed by atoms with van der Waals surface area (Å²) in [4.78, 5) is 0. The summed E-state index contributed by atoms with van der Waals surface area (Å²) in [5, 5.41) is 0. The summed E-state index contributed by atoms with van der Waals surface area (Å²) in [6.07, 6.45) is 0.808. The summed E-state index contributed by atoms with van der Waals surface area (Å²) >= 11 is 0. The van der Waals surface area contributed by atoms with Crippen LogP contribution in [-0.4, -0.2) is 13.2 Å². The second kappa shape index (κ2) is 6.28. The van der Waals surface area contributed by atoms with E-state index in [1.54, 1.807) is 0 Å². The molecule has 0 saturated carbocycles. The fourth-order valence-electron chi connectivity index (χ4n) is 0.954. The Balaban J connectivity index is 2.31. The summed E-state index contributed by atoms with van der Waals surface area (Å²) in [5.41, 5.74) is 1.07. The summed E-state index contributed by atoms with van der Waals surface area (Å²) < 4.78 is 5.17. The van der Waals surface area contributed by atoms with Gasteiger partial charge in [-0.05, 0) is 19.1 Å². The van der Waals surface area contributed by atoms with E-state index in [1.165, 1.54) is 0 Å². The highest BCUT2D eigenvalue weighted by Crippen LogP contribution is 1.94. The third-order valence-corrected chi connectivity index (χ3v) is 1.58. The predicted molar refractivity (Wildman–Crippen MR) is 54.4 cm³/mol. The second-order valence-corrected chi connectivity index (χ2v) is 2.61. The fourth-order valence-corrected chi connectivity index (χ4v) is 0.954.